The van der Waals surface area contributed by atoms with Crippen LogP contribution in [0.5, 0.6) is 5.88 Å². The molecule has 0 bridgehead atoms. The summed E-state index contributed by atoms with van der Waals surface area (Å²) in [6.07, 6.45) is -0.807. The molecule has 0 saturated carbocycles. The minimum absolute atomic E-state index is 0.0388. The largest absolute Gasteiger partial charge is 0.471 e. The van der Waals surface area contributed by atoms with Crippen molar-refractivity contribution >= 4 is 21.5 Å². The van der Waals surface area contributed by atoms with Crippen LogP contribution < -0.4 is 15.4 Å². The van der Waals surface area contributed by atoms with Crippen LogP contribution in [0.2, 0.25) is 0 Å². The van der Waals surface area contributed by atoms with E-state index in [0.717, 1.165) is 18.2 Å². The summed E-state index contributed by atoms with van der Waals surface area (Å²) in [6, 6.07) is 3.72. The molecule has 0 unspecified atom stereocenters. The standard InChI is InChI=1S/C25H29F4N5O4S/c26-22-13-19(1-2-20(22)16-3-8-30-9-4-16)39(35,36)34-10-5-17(6-11-34)32-24-31-14-21(25(27,28)29)23(33-24)38-18-7-12-37-15-18/h1-3,13-14,17-18,30H,4-12,15H2,(H,31,32,33)/t18-/m0/s1. The molecule has 39 heavy (non-hydrogen) atoms. The van der Waals surface area contributed by atoms with Crippen molar-refractivity contribution in [3.8, 4) is 5.88 Å². The molecular weight excluding hydrogens is 542 g/mol. The van der Waals surface area contributed by atoms with Gasteiger partial charge >= 0.3 is 6.18 Å². The lowest BCUT2D eigenvalue weighted by molar-refractivity contribution is -0.139. The van der Waals surface area contributed by atoms with Crippen LogP contribution >= 0.6 is 0 Å². The SMILES string of the molecule is O=S(=O)(c1ccc(C2=CCNCC2)c(F)c1)N1CCC(Nc2ncc(C(F)(F)F)c(O[C@H]3CCOC3)n2)CC1. The molecule has 1 aromatic carbocycles. The number of rotatable bonds is 7. The highest BCUT2D eigenvalue weighted by Gasteiger charge is 2.38. The lowest BCUT2D eigenvalue weighted by Gasteiger charge is -2.31. The van der Waals surface area contributed by atoms with E-state index in [1.165, 1.54) is 16.4 Å². The van der Waals surface area contributed by atoms with Gasteiger partial charge in [-0.1, -0.05) is 12.1 Å². The number of benzene rings is 1. The van der Waals surface area contributed by atoms with Gasteiger partial charge in [-0.3, -0.25) is 0 Å². The van der Waals surface area contributed by atoms with Crippen molar-refractivity contribution in [1.29, 1.82) is 0 Å². The Bertz CT molecular complexity index is 1320. The Balaban J connectivity index is 1.23. The summed E-state index contributed by atoms with van der Waals surface area (Å²) in [7, 11) is -3.92. The van der Waals surface area contributed by atoms with Gasteiger partial charge in [0.05, 0.1) is 18.1 Å². The third-order valence-electron chi connectivity index (χ3n) is 7.00. The summed E-state index contributed by atoms with van der Waals surface area (Å²) in [5, 5.41) is 6.15. The Kier molecular flexibility index (Phi) is 8.08. The van der Waals surface area contributed by atoms with E-state index in [4.69, 9.17) is 9.47 Å². The molecule has 14 heteroatoms. The second-order valence-corrected chi connectivity index (χ2v) is 11.6. The lowest BCUT2D eigenvalue weighted by atomic mass is 10.00. The molecule has 0 aliphatic carbocycles. The first kappa shape index (κ1) is 27.7. The molecular formula is C25H29F4N5O4S. The Morgan fingerprint density at radius 1 is 1.18 bits per heavy atom. The summed E-state index contributed by atoms with van der Waals surface area (Å²) < 4.78 is 93.5. The first-order chi connectivity index (χ1) is 18.6. The number of ether oxygens (including phenoxy) is 2. The molecule has 2 aromatic rings. The van der Waals surface area contributed by atoms with Gasteiger partial charge in [-0.2, -0.15) is 22.5 Å². The molecule has 0 spiro atoms. The Hall–Kier alpha value is -2.81. The van der Waals surface area contributed by atoms with Crippen LogP contribution in [-0.4, -0.2) is 74.2 Å². The quantitative estimate of drug-likeness (QED) is 0.487. The van der Waals surface area contributed by atoms with Crippen LogP contribution in [0.25, 0.3) is 5.57 Å². The number of anilines is 1. The topological polar surface area (TPSA) is 106 Å². The summed E-state index contributed by atoms with van der Waals surface area (Å²) >= 11 is 0. The smallest absolute Gasteiger partial charge is 0.423 e. The monoisotopic (exact) mass is 571 g/mol. The molecule has 9 nitrogen and oxygen atoms in total. The van der Waals surface area contributed by atoms with Crippen molar-refractivity contribution in [1.82, 2.24) is 19.6 Å². The zero-order chi connectivity index (χ0) is 27.6. The van der Waals surface area contributed by atoms with Gasteiger partial charge in [-0.05, 0) is 43.5 Å². The van der Waals surface area contributed by atoms with Gasteiger partial charge in [0, 0.05) is 43.9 Å². The van der Waals surface area contributed by atoms with Crippen molar-refractivity contribution in [3.63, 3.8) is 0 Å². The fraction of sp³-hybridized carbons (Fsp3) is 0.520. The molecule has 2 fully saturated rings. The van der Waals surface area contributed by atoms with Gasteiger partial charge in [0.2, 0.25) is 21.9 Å². The van der Waals surface area contributed by atoms with Crippen LogP contribution in [-0.2, 0) is 20.9 Å². The number of halogens is 4. The van der Waals surface area contributed by atoms with Crippen LogP contribution in [0, 0.1) is 5.82 Å². The van der Waals surface area contributed by atoms with E-state index in [-0.39, 0.29) is 36.6 Å². The van der Waals surface area contributed by atoms with Crippen LogP contribution in [0.3, 0.4) is 0 Å². The Morgan fingerprint density at radius 2 is 1.97 bits per heavy atom. The Morgan fingerprint density at radius 3 is 2.62 bits per heavy atom. The molecule has 212 valence electrons. The maximum absolute atomic E-state index is 14.8. The minimum Gasteiger partial charge on any atom is -0.471 e. The van der Waals surface area contributed by atoms with Crippen LogP contribution in [0.15, 0.2) is 35.4 Å². The lowest BCUT2D eigenvalue weighted by Crippen LogP contribution is -2.42. The summed E-state index contributed by atoms with van der Waals surface area (Å²) in [5.41, 5.74) is 0.173. The van der Waals surface area contributed by atoms with E-state index in [1.807, 2.05) is 6.08 Å². The predicted octanol–water partition coefficient (Wildman–Crippen LogP) is 3.44. The number of alkyl halides is 3. The van der Waals surface area contributed by atoms with Gasteiger partial charge in [0.15, 0.2) is 0 Å². The highest BCUT2D eigenvalue weighted by Crippen LogP contribution is 2.36. The third kappa shape index (κ3) is 6.34. The van der Waals surface area contributed by atoms with Gasteiger partial charge in [0.25, 0.3) is 0 Å². The van der Waals surface area contributed by atoms with E-state index in [2.05, 4.69) is 20.6 Å². The molecule has 4 heterocycles. The van der Waals surface area contributed by atoms with Crippen molar-refractivity contribution in [3.05, 3.63) is 47.4 Å². The molecule has 2 saturated heterocycles. The first-order valence-corrected chi connectivity index (χ1v) is 14.2. The first-order valence-electron chi connectivity index (χ1n) is 12.8. The maximum Gasteiger partial charge on any atom is 0.423 e. The molecule has 3 aliphatic heterocycles. The Labute approximate surface area is 223 Å². The van der Waals surface area contributed by atoms with E-state index in [0.29, 0.717) is 50.6 Å². The second-order valence-electron chi connectivity index (χ2n) is 9.66. The average molecular weight is 572 g/mol. The number of nitrogens with zero attached hydrogens (tertiary/aromatic N) is 3. The summed E-state index contributed by atoms with van der Waals surface area (Å²) in [6.45, 7) is 2.23. The number of aromatic nitrogens is 2. The fourth-order valence-corrected chi connectivity index (χ4v) is 6.32. The number of hydrogen-bond donors (Lipinski definition) is 2. The third-order valence-corrected chi connectivity index (χ3v) is 8.90. The molecule has 1 atom stereocenters. The van der Waals surface area contributed by atoms with Crippen molar-refractivity contribution in [2.24, 2.45) is 0 Å². The molecule has 1 aromatic heterocycles. The highest BCUT2D eigenvalue weighted by atomic mass is 32.2. The number of hydrogen-bond acceptors (Lipinski definition) is 8. The van der Waals surface area contributed by atoms with E-state index >= 15 is 0 Å². The van der Waals surface area contributed by atoms with Gasteiger partial charge in [-0.25, -0.2) is 17.8 Å². The number of nitrogens with one attached hydrogen (secondary N) is 2. The van der Waals surface area contributed by atoms with Crippen molar-refractivity contribution < 1.29 is 35.5 Å². The van der Waals surface area contributed by atoms with Crippen LogP contribution in [0.1, 0.15) is 36.8 Å². The van der Waals surface area contributed by atoms with E-state index in [1.54, 1.807) is 0 Å². The average Bonchev–Trinajstić information content (AvgIpc) is 3.42. The van der Waals surface area contributed by atoms with Crippen molar-refractivity contribution in [2.75, 3.05) is 44.7 Å². The van der Waals surface area contributed by atoms with Gasteiger partial charge in [0.1, 0.15) is 17.5 Å². The minimum atomic E-state index is -4.69. The van der Waals surface area contributed by atoms with Gasteiger partial charge < -0.3 is 20.1 Å². The molecule has 5 rings (SSSR count). The number of piperidine rings is 1. The zero-order valence-corrected chi connectivity index (χ0v) is 21.8. The summed E-state index contributed by atoms with van der Waals surface area (Å²) in [4.78, 5) is 7.66. The molecule has 0 amide bonds. The number of sulfonamides is 1. The molecule has 2 N–H and O–H groups in total. The molecule has 0 radical (unpaired) electrons. The summed E-state index contributed by atoms with van der Waals surface area (Å²) in [5.74, 6) is -1.19. The van der Waals surface area contributed by atoms with Crippen molar-refractivity contribution in [2.45, 2.75) is 48.9 Å². The van der Waals surface area contributed by atoms with Gasteiger partial charge in [-0.15, -0.1) is 0 Å². The zero-order valence-electron chi connectivity index (χ0n) is 21.0. The normalized spacial score (nSPS) is 21.5. The van der Waals surface area contributed by atoms with E-state index in [9.17, 15) is 26.0 Å². The predicted molar refractivity (Wildman–Crippen MR) is 134 cm³/mol. The van der Waals surface area contributed by atoms with E-state index < -0.39 is 39.6 Å². The highest BCUT2D eigenvalue weighted by molar-refractivity contribution is 7.89. The second kappa shape index (κ2) is 11.4. The maximum atomic E-state index is 14.8. The van der Waals surface area contributed by atoms with Crippen LogP contribution in [0.4, 0.5) is 23.5 Å². The molecule has 3 aliphatic rings. The fourth-order valence-electron chi connectivity index (χ4n) is 4.84.